The van der Waals surface area contributed by atoms with Gasteiger partial charge in [-0.05, 0) is 45.0 Å². The van der Waals surface area contributed by atoms with Gasteiger partial charge in [0.2, 0.25) is 0 Å². The molecule has 2 aromatic rings. The van der Waals surface area contributed by atoms with Gasteiger partial charge in [-0.2, -0.15) is 5.10 Å². The zero-order valence-electron chi connectivity index (χ0n) is 18.1. The highest BCUT2D eigenvalue weighted by Crippen LogP contribution is 2.26. The molecule has 0 aromatic carbocycles. The van der Waals surface area contributed by atoms with Gasteiger partial charge in [0.25, 0.3) is 0 Å². The summed E-state index contributed by atoms with van der Waals surface area (Å²) in [5.41, 5.74) is 1.11. The molecule has 2 unspecified atom stereocenters. The number of aryl methyl sites for hydroxylation is 2. The van der Waals surface area contributed by atoms with Gasteiger partial charge in [-0.25, -0.2) is 0 Å². The number of morpholine rings is 1. The Balaban J connectivity index is 0.00000256. The summed E-state index contributed by atoms with van der Waals surface area (Å²) in [5.74, 6) is 2.90. The van der Waals surface area contributed by atoms with Crippen molar-refractivity contribution in [2.24, 2.45) is 12.0 Å². The highest BCUT2D eigenvalue weighted by molar-refractivity contribution is 14.0. The molecule has 166 valence electrons. The van der Waals surface area contributed by atoms with E-state index in [0.29, 0.717) is 6.61 Å². The number of likely N-dealkylation sites (tertiary alicyclic amines) is 1. The average molecular weight is 528 g/mol. The van der Waals surface area contributed by atoms with Crippen molar-refractivity contribution >= 4 is 29.9 Å². The number of nitrogens with one attached hydrogen (secondary N) is 1. The Labute approximate surface area is 195 Å². The van der Waals surface area contributed by atoms with Gasteiger partial charge >= 0.3 is 0 Å². The predicted octanol–water partition coefficient (Wildman–Crippen LogP) is 2.73. The molecule has 2 fully saturated rings. The lowest BCUT2D eigenvalue weighted by atomic mass is 10.1. The maximum absolute atomic E-state index is 5.98. The number of aliphatic imine (C=N–C) groups is 1. The minimum atomic E-state index is 0. The van der Waals surface area contributed by atoms with Gasteiger partial charge in [-0.1, -0.05) is 0 Å². The number of hydrogen-bond acceptors (Lipinski definition) is 5. The van der Waals surface area contributed by atoms with Crippen LogP contribution in [0, 0.1) is 6.92 Å². The van der Waals surface area contributed by atoms with Crippen LogP contribution in [0.4, 0.5) is 0 Å². The van der Waals surface area contributed by atoms with E-state index < -0.39 is 0 Å². The maximum Gasteiger partial charge on any atom is 0.193 e. The number of nitrogens with zero attached hydrogens (tertiary/aromatic N) is 5. The molecule has 0 radical (unpaired) electrons. The second-order valence-corrected chi connectivity index (χ2v) is 7.89. The van der Waals surface area contributed by atoms with E-state index in [4.69, 9.17) is 9.15 Å². The lowest BCUT2D eigenvalue weighted by molar-refractivity contribution is -0.00815. The summed E-state index contributed by atoms with van der Waals surface area (Å²) in [6.07, 6.45) is 6.42. The van der Waals surface area contributed by atoms with Crippen LogP contribution >= 0.6 is 24.0 Å². The van der Waals surface area contributed by atoms with Crippen molar-refractivity contribution in [2.45, 2.75) is 31.9 Å². The maximum atomic E-state index is 5.98. The summed E-state index contributed by atoms with van der Waals surface area (Å²) in [6, 6.07) is 4.38. The van der Waals surface area contributed by atoms with Crippen molar-refractivity contribution in [1.29, 1.82) is 0 Å². The minimum absolute atomic E-state index is 0. The van der Waals surface area contributed by atoms with E-state index in [0.717, 1.165) is 55.8 Å². The van der Waals surface area contributed by atoms with Crippen LogP contribution in [0.2, 0.25) is 0 Å². The highest BCUT2D eigenvalue weighted by atomic mass is 127. The Hall–Kier alpha value is -1.59. The third-order valence-corrected chi connectivity index (χ3v) is 5.80. The number of aromatic nitrogens is 2. The smallest absolute Gasteiger partial charge is 0.193 e. The second-order valence-electron chi connectivity index (χ2n) is 7.89. The average Bonchev–Trinajstić information content (AvgIpc) is 3.48. The van der Waals surface area contributed by atoms with Crippen LogP contribution in [0.25, 0.3) is 0 Å². The topological polar surface area (TPSA) is 71.1 Å². The van der Waals surface area contributed by atoms with Gasteiger partial charge in [0.1, 0.15) is 17.6 Å². The summed E-state index contributed by atoms with van der Waals surface area (Å²) in [7, 11) is 3.78. The monoisotopic (exact) mass is 528 g/mol. The Morgan fingerprint density at radius 3 is 2.73 bits per heavy atom. The van der Waals surface area contributed by atoms with Crippen molar-refractivity contribution in [1.82, 2.24) is 24.9 Å². The standard InChI is InChI=1S/C21H32N6O2.HI/c1-16-6-7-19(29-16)18(26-8-4-5-9-26)13-23-21(22-2)27-10-11-28-20(15-27)17-12-24-25(3)14-17;/h6-7,12,14,18,20H,4-5,8-11,13,15H2,1-3H3,(H,22,23);1H. The first-order chi connectivity index (χ1) is 14.1. The largest absolute Gasteiger partial charge is 0.465 e. The summed E-state index contributed by atoms with van der Waals surface area (Å²) < 4.78 is 13.8. The number of guanidine groups is 1. The van der Waals surface area contributed by atoms with Gasteiger partial charge in [0.15, 0.2) is 5.96 Å². The fourth-order valence-corrected chi connectivity index (χ4v) is 4.27. The van der Waals surface area contributed by atoms with Crippen LogP contribution < -0.4 is 5.32 Å². The molecule has 0 amide bonds. The molecular formula is C21H33IN6O2. The Morgan fingerprint density at radius 1 is 1.30 bits per heavy atom. The molecule has 4 heterocycles. The zero-order chi connectivity index (χ0) is 20.2. The van der Waals surface area contributed by atoms with Crippen molar-refractivity contribution in [3.05, 3.63) is 41.6 Å². The van der Waals surface area contributed by atoms with Gasteiger partial charge in [0, 0.05) is 38.9 Å². The molecule has 0 saturated carbocycles. The molecular weight excluding hydrogens is 495 g/mol. The van der Waals surface area contributed by atoms with Crippen LogP contribution in [-0.4, -0.2) is 71.9 Å². The lowest BCUT2D eigenvalue weighted by Gasteiger charge is -2.35. The van der Waals surface area contributed by atoms with E-state index in [1.54, 1.807) is 0 Å². The van der Waals surface area contributed by atoms with Gasteiger partial charge in [0.05, 0.1) is 25.4 Å². The SMILES string of the molecule is CN=C(NCC(c1ccc(C)o1)N1CCCC1)N1CCOC(c2cnn(C)c2)C1.I. The van der Waals surface area contributed by atoms with E-state index in [9.17, 15) is 0 Å². The predicted molar refractivity (Wildman–Crippen MR) is 127 cm³/mol. The molecule has 8 nitrogen and oxygen atoms in total. The van der Waals surface area contributed by atoms with Crippen molar-refractivity contribution < 1.29 is 9.15 Å². The molecule has 9 heteroatoms. The number of ether oxygens (including phenoxy) is 1. The number of halogens is 1. The lowest BCUT2D eigenvalue weighted by Crippen LogP contribution is -2.49. The molecule has 4 rings (SSSR count). The fraction of sp³-hybridized carbons (Fsp3) is 0.619. The van der Waals surface area contributed by atoms with Crippen LogP contribution in [0.1, 0.15) is 42.1 Å². The Morgan fingerprint density at radius 2 is 2.10 bits per heavy atom. The van der Waals surface area contributed by atoms with E-state index in [1.807, 2.05) is 44.2 Å². The Kier molecular flexibility index (Phi) is 8.18. The number of hydrogen-bond donors (Lipinski definition) is 1. The second kappa shape index (κ2) is 10.6. The third-order valence-electron chi connectivity index (χ3n) is 5.80. The molecule has 2 aliphatic heterocycles. The van der Waals surface area contributed by atoms with Crippen LogP contribution in [0.5, 0.6) is 0 Å². The molecule has 0 spiro atoms. The Bertz CT molecular complexity index is 829. The fourth-order valence-electron chi connectivity index (χ4n) is 4.27. The molecule has 2 aliphatic rings. The first kappa shape index (κ1) is 23.1. The van der Waals surface area contributed by atoms with Crippen molar-refractivity contribution in [3.8, 4) is 0 Å². The normalized spacial score (nSPS) is 21.5. The van der Waals surface area contributed by atoms with E-state index in [-0.39, 0.29) is 36.1 Å². The van der Waals surface area contributed by atoms with Crippen molar-refractivity contribution in [2.75, 3.05) is 46.4 Å². The molecule has 2 aromatic heterocycles. The molecule has 1 N–H and O–H groups in total. The molecule has 2 saturated heterocycles. The molecule has 0 aliphatic carbocycles. The van der Waals surface area contributed by atoms with Gasteiger partial charge in [-0.15, -0.1) is 24.0 Å². The summed E-state index contributed by atoms with van der Waals surface area (Å²) in [4.78, 5) is 9.33. The molecule has 30 heavy (non-hydrogen) atoms. The summed E-state index contributed by atoms with van der Waals surface area (Å²) >= 11 is 0. The van der Waals surface area contributed by atoms with E-state index in [2.05, 4.69) is 31.3 Å². The zero-order valence-corrected chi connectivity index (χ0v) is 20.4. The van der Waals surface area contributed by atoms with Gasteiger partial charge < -0.3 is 19.4 Å². The summed E-state index contributed by atoms with van der Waals surface area (Å²) in [6.45, 7) is 7.27. The van der Waals surface area contributed by atoms with Crippen LogP contribution in [-0.2, 0) is 11.8 Å². The van der Waals surface area contributed by atoms with E-state index >= 15 is 0 Å². The van der Waals surface area contributed by atoms with Crippen molar-refractivity contribution in [3.63, 3.8) is 0 Å². The number of furan rings is 1. The van der Waals surface area contributed by atoms with E-state index in [1.165, 1.54) is 12.8 Å². The minimum Gasteiger partial charge on any atom is -0.465 e. The molecule has 0 bridgehead atoms. The summed E-state index contributed by atoms with van der Waals surface area (Å²) in [5, 5.41) is 7.88. The van der Waals surface area contributed by atoms with Crippen LogP contribution in [0.15, 0.2) is 33.9 Å². The first-order valence-corrected chi connectivity index (χ1v) is 10.5. The first-order valence-electron chi connectivity index (χ1n) is 10.5. The quantitative estimate of drug-likeness (QED) is 0.366. The highest BCUT2D eigenvalue weighted by Gasteiger charge is 2.28. The van der Waals surface area contributed by atoms with Crippen LogP contribution in [0.3, 0.4) is 0 Å². The number of rotatable bonds is 5. The third kappa shape index (κ3) is 5.36. The molecule has 2 atom stereocenters. The van der Waals surface area contributed by atoms with Gasteiger partial charge in [-0.3, -0.25) is 14.6 Å².